The summed E-state index contributed by atoms with van der Waals surface area (Å²) >= 11 is 0. The zero-order valence-electron chi connectivity index (χ0n) is 11.0. The normalized spacial score (nSPS) is 20.5. The average molecular weight is 264 g/mol. The largest absolute Gasteiger partial charge is 0.490 e. The van der Waals surface area contributed by atoms with Crippen molar-refractivity contribution in [1.29, 1.82) is 0 Å². The predicted octanol–water partition coefficient (Wildman–Crippen LogP) is 2.45. The molecule has 3 rings (SSSR count). The SMILES string of the molecule is OC(COC1CCC1)c1ccc2c(c1)OCCCO2. The average Bonchev–Trinajstić information content (AvgIpc) is 2.60. The fourth-order valence-corrected chi connectivity index (χ4v) is 2.25. The molecule has 104 valence electrons. The molecule has 1 aliphatic heterocycles. The van der Waals surface area contributed by atoms with E-state index in [-0.39, 0.29) is 0 Å². The maximum Gasteiger partial charge on any atom is 0.161 e. The number of aliphatic hydroxyl groups is 1. The van der Waals surface area contributed by atoms with Gasteiger partial charge in [0.15, 0.2) is 11.5 Å². The fourth-order valence-electron chi connectivity index (χ4n) is 2.25. The summed E-state index contributed by atoms with van der Waals surface area (Å²) in [5.74, 6) is 1.48. The number of rotatable bonds is 4. The third-order valence-electron chi connectivity index (χ3n) is 3.70. The Balaban J connectivity index is 1.64. The van der Waals surface area contributed by atoms with Crippen molar-refractivity contribution in [3.05, 3.63) is 23.8 Å². The van der Waals surface area contributed by atoms with E-state index >= 15 is 0 Å². The highest BCUT2D eigenvalue weighted by molar-refractivity contribution is 5.44. The van der Waals surface area contributed by atoms with Gasteiger partial charge in [-0.3, -0.25) is 0 Å². The van der Waals surface area contributed by atoms with Crippen LogP contribution in [-0.4, -0.2) is 31.0 Å². The van der Waals surface area contributed by atoms with E-state index in [9.17, 15) is 5.11 Å². The van der Waals surface area contributed by atoms with Crippen molar-refractivity contribution >= 4 is 0 Å². The lowest BCUT2D eigenvalue weighted by molar-refractivity contribution is -0.0427. The van der Waals surface area contributed by atoms with E-state index in [2.05, 4.69) is 0 Å². The van der Waals surface area contributed by atoms with Gasteiger partial charge in [-0.2, -0.15) is 0 Å². The molecule has 0 spiro atoms. The molecule has 4 nitrogen and oxygen atoms in total. The molecule has 1 heterocycles. The van der Waals surface area contributed by atoms with Gasteiger partial charge in [-0.05, 0) is 37.0 Å². The second kappa shape index (κ2) is 5.80. The molecule has 19 heavy (non-hydrogen) atoms. The predicted molar refractivity (Wildman–Crippen MR) is 70.6 cm³/mol. The molecule has 0 aromatic heterocycles. The standard InChI is InChI=1S/C15H20O4/c16-13(10-19-12-3-1-4-12)11-5-6-14-15(9-11)18-8-2-7-17-14/h5-6,9,12-13,16H,1-4,7-8,10H2. The Hall–Kier alpha value is -1.26. The molecule has 1 aromatic rings. The van der Waals surface area contributed by atoms with Crippen molar-refractivity contribution in [2.75, 3.05) is 19.8 Å². The summed E-state index contributed by atoms with van der Waals surface area (Å²) in [5.41, 5.74) is 0.823. The summed E-state index contributed by atoms with van der Waals surface area (Å²) in [6.45, 7) is 1.69. The van der Waals surface area contributed by atoms with E-state index in [0.717, 1.165) is 36.3 Å². The Kier molecular flexibility index (Phi) is 3.89. The lowest BCUT2D eigenvalue weighted by Gasteiger charge is -2.26. The van der Waals surface area contributed by atoms with Crippen LogP contribution in [0.15, 0.2) is 18.2 Å². The molecule has 2 aliphatic rings. The van der Waals surface area contributed by atoms with Gasteiger partial charge in [0, 0.05) is 6.42 Å². The Morgan fingerprint density at radius 3 is 2.68 bits per heavy atom. The van der Waals surface area contributed by atoms with Crippen LogP contribution in [0.3, 0.4) is 0 Å². The molecule has 1 aliphatic carbocycles. The first kappa shape index (κ1) is 12.8. The van der Waals surface area contributed by atoms with Crippen LogP contribution >= 0.6 is 0 Å². The highest BCUT2D eigenvalue weighted by atomic mass is 16.5. The number of fused-ring (bicyclic) bond motifs is 1. The monoisotopic (exact) mass is 264 g/mol. The molecule has 1 saturated carbocycles. The molecule has 0 bridgehead atoms. The van der Waals surface area contributed by atoms with Crippen molar-refractivity contribution in [3.63, 3.8) is 0 Å². The van der Waals surface area contributed by atoms with Crippen LogP contribution in [0, 0.1) is 0 Å². The Morgan fingerprint density at radius 2 is 1.95 bits per heavy atom. The van der Waals surface area contributed by atoms with E-state index in [0.29, 0.717) is 25.9 Å². The van der Waals surface area contributed by atoms with E-state index in [1.165, 1.54) is 6.42 Å². The molecule has 1 aromatic carbocycles. The summed E-state index contributed by atoms with van der Waals surface area (Å²) < 4.78 is 16.8. The maximum atomic E-state index is 10.1. The van der Waals surface area contributed by atoms with Gasteiger partial charge in [-0.25, -0.2) is 0 Å². The van der Waals surface area contributed by atoms with Crippen molar-refractivity contribution in [2.24, 2.45) is 0 Å². The molecule has 1 atom stereocenters. The summed E-state index contributed by atoms with van der Waals surface area (Å²) in [6.07, 6.45) is 4.11. The number of benzene rings is 1. The van der Waals surface area contributed by atoms with Crippen LogP contribution in [-0.2, 0) is 4.74 Å². The van der Waals surface area contributed by atoms with Gasteiger partial charge in [0.1, 0.15) is 6.10 Å². The third kappa shape index (κ3) is 3.01. The van der Waals surface area contributed by atoms with Crippen molar-refractivity contribution in [2.45, 2.75) is 37.9 Å². The number of hydrogen-bond acceptors (Lipinski definition) is 4. The molecule has 0 amide bonds. The van der Waals surface area contributed by atoms with Crippen LogP contribution in [0.25, 0.3) is 0 Å². The van der Waals surface area contributed by atoms with Gasteiger partial charge >= 0.3 is 0 Å². The summed E-state index contributed by atoms with van der Waals surface area (Å²) in [7, 11) is 0. The van der Waals surface area contributed by atoms with Crippen molar-refractivity contribution < 1.29 is 19.3 Å². The van der Waals surface area contributed by atoms with Crippen LogP contribution < -0.4 is 9.47 Å². The van der Waals surface area contributed by atoms with Gasteiger partial charge in [-0.15, -0.1) is 0 Å². The van der Waals surface area contributed by atoms with Gasteiger partial charge in [0.25, 0.3) is 0 Å². The molecule has 0 saturated heterocycles. The van der Waals surface area contributed by atoms with Crippen LogP contribution in [0.5, 0.6) is 11.5 Å². The van der Waals surface area contributed by atoms with E-state index in [1.807, 2.05) is 18.2 Å². The van der Waals surface area contributed by atoms with Gasteiger partial charge in [0.2, 0.25) is 0 Å². The number of hydrogen-bond donors (Lipinski definition) is 1. The zero-order valence-corrected chi connectivity index (χ0v) is 11.0. The third-order valence-corrected chi connectivity index (χ3v) is 3.70. The molecule has 1 fully saturated rings. The lowest BCUT2D eigenvalue weighted by atomic mass is 9.96. The Morgan fingerprint density at radius 1 is 1.16 bits per heavy atom. The van der Waals surface area contributed by atoms with Gasteiger partial charge in [-0.1, -0.05) is 6.07 Å². The fraction of sp³-hybridized carbons (Fsp3) is 0.600. The van der Waals surface area contributed by atoms with Crippen LogP contribution in [0.2, 0.25) is 0 Å². The van der Waals surface area contributed by atoms with Crippen LogP contribution in [0.4, 0.5) is 0 Å². The van der Waals surface area contributed by atoms with E-state index in [1.54, 1.807) is 0 Å². The molecule has 0 radical (unpaired) electrons. The van der Waals surface area contributed by atoms with Crippen molar-refractivity contribution in [3.8, 4) is 11.5 Å². The highest BCUT2D eigenvalue weighted by Gasteiger charge is 2.20. The van der Waals surface area contributed by atoms with Gasteiger partial charge < -0.3 is 19.3 Å². The highest BCUT2D eigenvalue weighted by Crippen LogP contribution is 2.32. The smallest absolute Gasteiger partial charge is 0.161 e. The molecule has 1 unspecified atom stereocenters. The topological polar surface area (TPSA) is 47.9 Å². The molecule has 4 heteroatoms. The molecular formula is C15H20O4. The first-order valence-corrected chi connectivity index (χ1v) is 7.02. The zero-order chi connectivity index (χ0) is 13.1. The lowest BCUT2D eigenvalue weighted by Crippen LogP contribution is -2.24. The van der Waals surface area contributed by atoms with Crippen LogP contribution in [0.1, 0.15) is 37.4 Å². The second-order valence-corrected chi connectivity index (χ2v) is 5.16. The summed E-state index contributed by atoms with van der Waals surface area (Å²) in [5, 5.41) is 10.1. The van der Waals surface area contributed by atoms with Crippen molar-refractivity contribution in [1.82, 2.24) is 0 Å². The number of aliphatic hydroxyl groups excluding tert-OH is 1. The molecular weight excluding hydrogens is 244 g/mol. The minimum Gasteiger partial charge on any atom is -0.490 e. The van der Waals surface area contributed by atoms with Gasteiger partial charge in [0.05, 0.1) is 25.9 Å². The minimum absolute atomic E-state index is 0.343. The number of ether oxygens (including phenoxy) is 3. The summed E-state index contributed by atoms with van der Waals surface area (Å²) in [6, 6.07) is 5.60. The summed E-state index contributed by atoms with van der Waals surface area (Å²) in [4.78, 5) is 0. The first-order valence-electron chi connectivity index (χ1n) is 7.02. The Bertz CT molecular complexity index is 428. The molecule has 1 N–H and O–H groups in total. The maximum absolute atomic E-state index is 10.1. The minimum atomic E-state index is -0.599. The van der Waals surface area contributed by atoms with E-state index in [4.69, 9.17) is 14.2 Å². The second-order valence-electron chi connectivity index (χ2n) is 5.16. The Labute approximate surface area is 113 Å². The first-order chi connectivity index (χ1) is 9.33. The van der Waals surface area contributed by atoms with E-state index < -0.39 is 6.10 Å². The quantitative estimate of drug-likeness (QED) is 0.907.